The van der Waals surface area contributed by atoms with Crippen molar-refractivity contribution in [3.63, 3.8) is 0 Å². The average molecular weight is 424 g/mol. The van der Waals surface area contributed by atoms with Gasteiger partial charge in [-0.15, -0.1) is 0 Å². The van der Waals surface area contributed by atoms with E-state index in [9.17, 15) is 5.11 Å². The largest absolute Gasteiger partial charge is 0.491 e. The van der Waals surface area contributed by atoms with Gasteiger partial charge in [-0.2, -0.15) is 0 Å². The molecular weight excluding hydrogens is 386 g/mol. The Morgan fingerprint density at radius 3 is 2.68 bits per heavy atom. The van der Waals surface area contributed by atoms with E-state index in [0.29, 0.717) is 13.2 Å². The molecule has 0 radical (unpaired) electrons. The minimum absolute atomic E-state index is 0.324. The Hall–Kier alpha value is -1.92. The molecule has 0 aliphatic carbocycles. The number of benzene rings is 2. The Labute approximate surface area is 187 Å². The lowest BCUT2D eigenvalue weighted by atomic mass is 10.00. The van der Waals surface area contributed by atoms with Gasteiger partial charge in [0.05, 0.1) is 0 Å². The van der Waals surface area contributed by atoms with Crippen molar-refractivity contribution in [3.05, 3.63) is 65.2 Å². The summed E-state index contributed by atoms with van der Waals surface area (Å²) in [6.45, 7) is 8.52. The van der Waals surface area contributed by atoms with Crippen LogP contribution in [0.5, 0.6) is 5.75 Å². The molecule has 31 heavy (non-hydrogen) atoms. The Morgan fingerprint density at radius 2 is 1.81 bits per heavy atom. The fourth-order valence-electron chi connectivity index (χ4n) is 4.67. The standard InChI is InChI=1S/C26H37N3O2/c30-25(20-29-16-11-23-8-1-2-9-24(23)19-29)21-31-26-10-5-7-22(17-26)18-27-12-6-15-28-13-3-4-14-28/h1-2,5,7-10,17,25,27,30H,3-4,6,11-16,18-21H2/t25-/m0/s1. The molecule has 2 aromatic carbocycles. The number of β-amino-alcohol motifs (C(OH)–C–C–N with tert-alkyl or cyclic N) is 1. The minimum Gasteiger partial charge on any atom is -0.491 e. The first kappa shape index (κ1) is 22.3. The number of aliphatic hydroxyl groups excluding tert-OH is 1. The van der Waals surface area contributed by atoms with Crippen LogP contribution in [-0.2, 0) is 19.5 Å². The molecule has 1 atom stereocenters. The van der Waals surface area contributed by atoms with Crippen molar-refractivity contribution in [2.45, 2.75) is 44.9 Å². The lowest BCUT2D eigenvalue weighted by Gasteiger charge is -2.30. The molecular formula is C26H37N3O2. The lowest BCUT2D eigenvalue weighted by molar-refractivity contribution is 0.0637. The van der Waals surface area contributed by atoms with Crippen molar-refractivity contribution in [1.82, 2.24) is 15.1 Å². The van der Waals surface area contributed by atoms with E-state index in [2.05, 4.69) is 51.5 Å². The second kappa shape index (κ2) is 11.6. The molecule has 168 valence electrons. The molecule has 2 aliphatic heterocycles. The fraction of sp³-hybridized carbons (Fsp3) is 0.538. The van der Waals surface area contributed by atoms with Gasteiger partial charge in [-0.3, -0.25) is 4.90 Å². The van der Waals surface area contributed by atoms with Crippen LogP contribution in [0.2, 0.25) is 0 Å². The first-order chi connectivity index (χ1) is 15.3. The summed E-state index contributed by atoms with van der Waals surface area (Å²) in [5.74, 6) is 0.833. The Kier molecular flexibility index (Phi) is 8.36. The van der Waals surface area contributed by atoms with E-state index >= 15 is 0 Å². The van der Waals surface area contributed by atoms with Crippen molar-refractivity contribution < 1.29 is 9.84 Å². The van der Waals surface area contributed by atoms with Crippen molar-refractivity contribution in [1.29, 1.82) is 0 Å². The molecule has 0 amide bonds. The van der Waals surface area contributed by atoms with Crippen LogP contribution in [0.4, 0.5) is 0 Å². The highest BCUT2D eigenvalue weighted by Gasteiger charge is 2.18. The van der Waals surface area contributed by atoms with Gasteiger partial charge in [-0.05, 0) is 80.7 Å². The van der Waals surface area contributed by atoms with Gasteiger partial charge in [0.1, 0.15) is 18.5 Å². The van der Waals surface area contributed by atoms with E-state index in [1.807, 2.05) is 12.1 Å². The molecule has 0 unspecified atom stereocenters. The van der Waals surface area contributed by atoms with E-state index in [-0.39, 0.29) is 0 Å². The average Bonchev–Trinajstić information content (AvgIpc) is 3.31. The number of hydrogen-bond acceptors (Lipinski definition) is 5. The highest BCUT2D eigenvalue weighted by molar-refractivity contribution is 5.29. The van der Waals surface area contributed by atoms with Crippen LogP contribution in [0, 0.1) is 0 Å². The van der Waals surface area contributed by atoms with Crippen molar-refractivity contribution in [2.75, 3.05) is 45.9 Å². The summed E-state index contributed by atoms with van der Waals surface area (Å²) in [6, 6.07) is 16.8. The molecule has 5 heteroatoms. The molecule has 2 heterocycles. The van der Waals surface area contributed by atoms with Crippen LogP contribution in [0.1, 0.15) is 36.0 Å². The molecule has 1 saturated heterocycles. The van der Waals surface area contributed by atoms with Crippen LogP contribution in [-0.4, -0.2) is 66.9 Å². The second-order valence-electron chi connectivity index (χ2n) is 8.95. The molecule has 1 fully saturated rings. The number of likely N-dealkylation sites (tertiary alicyclic amines) is 1. The molecule has 5 nitrogen and oxygen atoms in total. The van der Waals surface area contributed by atoms with Crippen molar-refractivity contribution in [2.24, 2.45) is 0 Å². The maximum Gasteiger partial charge on any atom is 0.119 e. The van der Waals surface area contributed by atoms with E-state index in [0.717, 1.165) is 38.3 Å². The molecule has 0 saturated carbocycles. The van der Waals surface area contributed by atoms with Gasteiger partial charge < -0.3 is 20.1 Å². The zero-order chi connectivity index (χ0) is 21.3. The summed E-state index contributed by atoms with van der Waals surface area (Å²) < 4.78 is 5.90. The molecule has 2 N–H and O–H groups in total. The van der Waals surface area contributed by atoms with Crippen molar-refractivity contribution >= 4 is 0 Å². The van der Waals surface area contributed by atoms with Gasteiger partial charge in [0.25, 0.3) is 0 Å². The number of rotatable bonds is 11. The zero-order valence-corrected chi connectivity index (χ0v) is 18.6. The smallest absolute Gasteiger partial charge is 0.119 e. The molecule has 2 aliphatic rings. The third-order valence-electron chi connectivity index (χ3n) is 6.38. The number of fused-ring (bicyclic) bond motifs is 1. The molecule has 0 bridgehead atoms. The SMILES string of the molecule is O[C@H](COc1cccc(CNCCCN2CCCC2)c1)CN1CCc2ccccc2C1. The summed E-state index contributed by atoms with van der Waals surface area (Å²) in [7, 11) is 0. The maximum absolute atomic E-state index is 10.5. The molecule has 0 spiro atoms. The number of nitrogens with zero attached hydrogens (tertiary/aromatic N) is 2. The zero-order valence-electron chi connectivity index (χ0n) is 18.6. The van der Waals surface area contributed by atoms with Crippen molar-refractivity contribution in [3.8, 4) is 5.75 Å². The highest BCUT2D eigenvalue weighted by atomic mass is 16.5. The monoisotopic (exact) mass is 423 g/mol. The van der Waals surface area contributed by atoms with Gasteiger partial charge in [0, 0.05) is 26.2 Å². The van der Waals surface area contributed by atoms with Gasteiger partial charge in [0.2, 0.25) is 0 Å². The summed E-state index contributed by atoms with van der Waals surface area (Å²) in [5, 5.41) is 14.0. The third kappa shape index (κ3) is 7.04. The Balaban J connectivity index is 1.14. The van der Waals surface area contributed by atoms with Gasteiger partial charge >= 0.3 is 0 Å². The topological polar surface area (TPSA) is 48.0 Å². The first-order valence-electron chi connectivity index (χ1n) is 11.9. The summed E-state index contributed by atoms with van der Waals surface area (Å²) >= 11 is 0. The predicted octanol–water partition coefficient (Wildman–Crippen LogP) is 3.06. The van der Waals surface area contributed by atoms with Crippen LogP contribution < -0.4 is 10.1 Å². The van der Waals surface area contributed by atoms with Gasteiger partial charge in [0.15, 0.2) is 0 Å². The first-order valence-corrected chi connectivity index (χ1v) is 11.9. The predicted molar refractivity (Wildman–Crippen MR) is 125 cm³/mol. The van der Waals surface area contributed by atoms with E-state index in [1.54, 1.807) is 0 Å². The summed E-state index contributed by atoms with van der Waals surface area (Å²) in [6.07, 6.45) is 4.49. The third-order valence-corrected chi connectivity index (χ3v) is 6.38. The van der Waals surface area contributed by atoms with Crippen LogP contribution in [0.3, 0.4) is 0 Å². The van der Waals surface area contributed by atoms with Crippen LogP contribution >= 0.6 is 0 Å². The van der Waals surface area contributed by atoms with Crippen LogP contribution in [0.25, 0.3) is 0 Å². The number of ether oxygens (including phenoxy) is 1. The van der Waals surface area contributed by atoms with E-state index < -0.39 is 6.10 Å². The molecule has 0 aromatic heterocycles. The lowest BCUT2D eigenvalue weighted by Crippen LogP contribution is -2.38. The Morgan fingerprint density at radius 1 is 0.968 bits per heavy atom. The normalized spacial score (nSPS) is 18.1. The number of nitrogens with one attached hydrogen (secondary N) is 1. The van der Waals surface area contributed by atoms with E-state index in [4.69, 9.17) is 4.74 Å². The summed E-state index contributed by atoms with van der Waals surface area (Å²) in [4.78, 5) is 4.88. The highest BCUT2D eigenvalue weighted by Crippen LogP contribution is 2.19. The number of aliphatic hydroxyl groups is 1. The fourth-order valence-corrected chi connectivity index (χ4v) is 4.67. The second-order valence-corrected chi connectivity index (χ2v) is 8.95. The van der Waals surface area contributed by atoms with Gasteiger partial charge in [-0.1, -0.05) is 36.4 Å². The van der Waals surface area contributed by atoms with Crippen LogP contribution in [0.15, 0.2) is 48.5 Å². The molecule has 2 aromatic rings. The van der Waals surface area contributed by atoms with E-state index in [1.165, 1.54) is 55.6 Å². The molecule has 4 rings (SSSR count). The van der Waals surface area contributed by atoms with Gasteiger partial charge in [-0.25, -0.2) is 0 Å². The minimum atomic E-state index is -0.488. The maximum atomic E-state index is 10.5. The Bertz CT molecular complexity index is 807. The summed E-state index contributed by atoms with van der Waals surface area (Å²) in [5.41, 5.74) is 4.04. The number of hydrogen-bond donors (Lipinski definition) is 2. The quantitative estimate of drug-likeness (QED) is 0.544.